The molecule has 0 radical (unpaired) electrons. The Morgan fingerprint density at radius 2 is 2.11 bits per heavy atom. The van der Waals surface area contributed by atoms with Crippen LogP contribution >= 0.6 is 35.0 Å². The van der Waals surface area contributed by atoms with Gasteiger partial charge in [-0.2, -0.15) is 0 Å². The summed E-state index contributed by atoms with van der Waals surface area (Å²) in [6.45, 7) is 2.27. The molecule has 0 spiro atoms. The van der Waals surface area contributed by atoms with Crippen LogP contribution in [0, 0.1) is 5.92 Å². The number of amidine groups is 1. The summed E-state index contributed by atoms with van der Waals surface area (Å²) in [7, 11) is 0. The summed E-state index contributed by atoms with van der Waals surface area (Å²) in [5.41, 5.74) is 0.886. The van der Waals surface area contributed by atoms with Crippen LogP contribution in [-0.4, -0.2) is 28.9 Å². The van der Waals surface area contributed by atoms with E-state index in [1.165, 1.54) is 19.3 Å². The lowest BCUT2D eigenvalue weighted by molar-refractivity contribution is 0.250. The molecule has 102 valence electrons. The molecular formula is C14H16Cl2N2S. The highest BCUT2D eigenvalue weighted by molar-refractivity contribution is 8.14. The fraction of sp³-hybridized carbons (Fsp3) is 0.500. The zero-order valence-electron chi connectivity index (χ0n) is 10.6. The van der Waals surface area contributed by atoms with Crippen molar-refractivity contribution in [1.82, 2.24) is 4.90 Å². The minimum absolute atomic E-state index is 0.567. The smallest absolute Gasteiger partial charge is 0.164 e. The van der Waals surface area contributed by atoms with Gasteiger partial charge < -0.3 is 4.90 Å². The molecule has 1 aromatic rings. The van der Waals surface area contributed by atoms with Crippen LogP contribution in [0.4, 0.5) is 5.69 Å². The number of aliphatic imine (C=N–C) groups is 1. The fourth-order valence-electron chi connectivity index (χ4n) is 2.36. The second-order valence-electron chi connectivity index (χ2n) is 5.08. The summed E-state index contributed by atoms with van der Waals surface area (Å²) >= 11 is 13.8. The third-order valence-electron chi connectivity index (χ3n) is 3.69. The van der Waals surface area contributed by atoms with Crippen LogP contribution < -0.4 is 0 Å². The zero-order chi connectivity index (χ0) is 13.2. The summed E-state index contributed by atoms with van der Waals surface area (Å²) in [4.78, 5) is 7.13. The van der Waals surface area contributed by atoms with E-state index < -0.39 is 0 Å². The van der Waals surface area contributed by atoms with Crippen LogP contribution in [-0.2, 0) is 0 Å². The molecule has 1 saturated heterocycles. The van der Waals surface area contributed by atoms with E-state index in [9.17, 15) is 0 Å². The van der Waals surface area contributed by atoms with Crippen molar-refractivity contribution in [2.24, 2.45) is 10.9 Å². The van der Waals surface area contributed by atoms with Gasteiger partial charge in [0, 0.05) is 18.8 Å². The van der Waals surface area contributed by atoms with Crippen molar-refractivity contribution in [1.29, 1.82) is 0 Å². The maximum atomic E-state index is 6.03. The van der Waals surface area contributed by atoms with Crippen molar-refractivity contribution < 1.29 is 0 Å². The van der Waals surface area contributed by atoms with Gasteiger partial charge in [-0.25, -0.2) is 4.99 Å². The van der Waals surface area contributed by atoms with Gasteiger partial charge in [-0.3, -0.25) is 0 Å². The minimum atomic E-state index is 0.567. The Balaban J connectivity index is 1.74. The van der Waals surface area contributed by atoms with Gasteiger partial charge in [0.25, 0.3) is 0 Å². The third kappa shape index (κ3) is 3.21. The van der Waals surface area contributed by atoms with E-state index in [0.717, 1.165) is 35.6 Å². The molecule has 2 aliphatic rings. The van der Waals surface area contributed by atoms with Gasteiger partial charge in [-0.15, -0.1) is 0 Å². The van der Waals surface area contributed by atoms with Gasteiger partial charge in [-0.05, 0) is 37.0 Å². The zero-order valence-corrected chi connectivity index (χ0v) is 12.9. The topological polar surface area (TPSA) is 15.6 Å². The summed E-state index contributed by atoms with van der Waals surface area (Å²) in [5.74, 6) is 2.00. The van der Waals surface area contributed by atoms with Gasteiger partial charge in [0.2, 0.25) is 0 Å². The van der Waals surface area contributed by atoms with Crippen molar-refractivity contribution in [3.63, 3.8) is 0 Å². The van der Waals surface area contributed by atoms with Crippen molar-refractivity contribution >= 4 is 45.8 Å². The molecule has 19 heavy (non-hydrogen) atoms. The molecule has 1 saturated carbocycles. The fourth-order valence-corrected chi connectivity index (χ4v) is 3.66. The number of nitrogens with zero attached hydrogens (tertiary/aromatic N) is 2. The number of hydrogen-bond acceptors (Lipinski definition) is 2. The monoisotopic (exact) mass is 314 g/mol. The van der Waals surface area contributed by atoms with E-state index in [2.05, 4.69) is 4.90 Å². The number of rotatable bonds is 3. The van der Waals surface area contributed by atoms with E-state index >= 15 is 0 Å². The molecule has 2 fully saturated rings. The van der Waals surface area contributed by atoms with Gasteiger partial charge in [-0.1, -0.05) is 41.4 Å². The van der Waals surface area contributed by atoms with Crippen LogP contribution in [0.5, 0.6) is 0 Å². The van der Waals surface area contributed by atoms with Gasteiger partial charge in [0.1, 0.15) is 0 Å². The molecule has 0 aromatic heterocycles. The highest BCUT2D eigenvalue weighted by Gasteiger charge is 2.26. The molecule has 1 aliphatic carbocycles. The molecule has 1 aliphatic heterocycles. The first-order valence-electron chi connectivity index (χ1n) is 6.64. The average molecular weight is 315 g/mol. The molecule has 0 unspecified atom stereocenters. The quantitative estimate of drug-likeness (QED) is 0.794. The third-order valence-corrected chi connectivity index (χ3v) is 5.43. The number of thioether (sulfide) groups is 1. The predicted octanol–water partition coefficient (Wildman–Crippen LogP) is 4.83. The normalized spacial score (nSPS) is 22.0. The second-order valence-corrected chi connectivity index (χ2v) is 6.96. The number of halogens is 2. The molecule has 3 rings (SSSR count). The number of benzene rings is 1. The summed E-state index contributed by atoms with van der Waals surface area (Å²) in [5, 5.41) is 2.28. The Hall–Kier alpha value is -0.380. The van der Waals surface area contributed by atoms with Crippen LogP contribution in [0.15, 0.2) is 23.2 Å². The van der Waals surface area contributed by atoms with Crippen molar-refractivity contribution in [3.05, 3.63) is 28.2 Å². The number of hydrogen-bond donors (Lipinski definition) is 0. The summed E-state index contributed by atoms with van der Waals surface area (Å²) in [6.07, 6.45) is 4.15. The van der Waals surface area contributed by atoms with Crippen LogP contribution in [0.25, 0.3) is 0 Å². The first-order chi connectivity index (χ1) is 9.22. The average Bonchev–Trinajstić information content (AvgIpc) is 2.76. The maximum Gasteiger partial charge on any atom is 0.164 e. The maximum absolute atomic E-state index is 6.03. The first kappa shape index (κ1) is 13.6. The molecular weight excluding hydrogens is 299 g/mol. The minimum Gasteiger partial charge on any atom is -0.350 e. The van der Waals surface area contributed by atoms with Gasteiger partial charge in [0.05, 0.1) is 15.7 Å². The van der Waals surface area contributed by atoms with Crippen molar-refractivity contribution in [3.8, 4) is 0 Å². The highest BCUT2D eigenvalue weighted by atomic mass is 35.5. The van der Waals surface area contributed by atoms with Crippen LogP contribution in [0.3, 0.4) is 0 Å². The van der Waals surface area contributed by atoms with Crippen LogP contribution in [0.1, 0.15) is 19.3 Å². The second kappa shape index (κ2) is 5.94. The molecule has 0 bridgehead atoms. The van der Waals surface area contributed by atoms with Crippen molar-refractivity contribution in [2.45, 2.75) is 19.3 Å². The highest BCUT2D eigenvalue weighted by Crippen LogP contribution is 2.32. The molecule has 5 heteroatoms. The van der Waals surface area contributed by atoms with Crippen molar-refractivity contribution in [2.75, 3.05) is 18.8 Å². The van der Waals surface area contributed by atoms with E-state index in [0.29, 0.717) is 10.0 Å². The lowest BCUT2D eigenvalue weighted by Crippen LogP contribution is -2.33. The van der Waals surface area contributed by atoms with E-state index in [4.69, 9.17) is 28.2 Å². The summed E-state index contributed by atoms with van der Waals surface area (Å²) < 4.78 is 0. The molecule has 1 heterocycles. The molecule has 0 atom stereocenters. The van der Waals surface area contributed by atoms with Crippen LogP contribution in [0.2, 0.25) is 10.0 Å². The first-order valence-corrected chi connectivity index (χ1v) is 8.38. The van der Waals surface area contributed by atoms with Gasteiger partial charge in [0.15, 0.2) is 5.17 Å². The molecule has 1 aromatic carbocycles. The van der Waals surface area contributed by atoms with E-state index in [-0.39, 0.29) is 0 Å². The lowest BCUT2D eigenvalue weighted by atomic mass is 9.85. The summed E-state index contributed by atoms with van der Waals surface area (Å²) in [6, 6.07) is 5.55. The largest absolute Gasteiger partial charge is 0.350 e. The standard InChI is InChI=1S/C14H16Cl2N2S/c15-12-5-4-11(8-13(12)16)17-14-18(6-7-19-14)9-10-2-1-3-10/h4-5,8,10H,1-3,6-7,9H2. The Bertz CT molecular complexity index is 500. The Morgan fingerprint density at radius 1 is 1.26 bits per heavy atom. The predicted molar refractivity (Wildman–Crippen MR) is 84.9 cm³/mol. The van der Waals surface area contributed by atoms with E-state index in [1.54, 1.807) is 6.07 Å². The molecule has 0 N–H and O–H groups in total. The SMILES string of the molecule is Clc1ccc(N=C2SCCN2CC2CCC2)cc1Cl. The molecule has 0 amide bonds. The lowest BCUT2D eigenvalue weighted by Gasteiger charge is -2.30. The van der Waals surface area contributed by atoms with E-state index in [1.807, 2.05) is 23.9 Å². The Kier molecular flexibility index (Phi) is 4.25. The molecule has 2 nitrogen and oxygen atoms in total. The Morgan fingerprint density at radius 3 is 2.79 bits per heavy atom. The van der Waals surface area contributed by atoms with Gasteiger partial charge >= 0.3 is 0 Å². The Labute approximate surface area is 128 Å².